The van der Waals surface area contributed by atoms with Gasteiger partial charge >= 0.3 is 0 Å². The van der Waals surface area contributed by atoms with E-state index in [9.17, 15) is 0 Å². The van der Waals surface area contributed by atoms with Gasteiger partial charge in [0.1, 0.15) is 0 Å². The molecule has 0 radical (unpaired) electrons. The molecule has 0 aliphatic rings. The zero-order chi connectivity index (χ0) is 32.3. The summed E-state index contributed by atoms with van der Waals surface area (Å²) >= 11 is 0. The molecule has 0 saturated heterocycles. The van der Waals surface area contributed by atoms with Crippen molar-refractivity contribution in [2.24, 2.45) is 0 Å². The van der Waals surface area contributed by atoms with Gasteiger partial charge in [0.25, 0.3) is 0 Å². The molecule has 0 aliphatic heterocycles. The van der Waals surface area contributed by atoms with E-state index in [-0.39, 0.29) is 5.92 Å². The van der Waals surface area contributed by atoms with Crippen LogP contribution in [0.25, 0.3) is 65.6 Å². The van der Waals surface area contributed by atoms with E-state index in [1.807, 2.05) is 0 Å². The molecule has 230 valence electrons. The van der Waals surface area contributed by atoms with Gasteiger partial charge in [-0.2, -0.15) is 0 Å². The van der Waals surface area contributed by atoms with Gasteiger partial charge in [-0.1, -0.05) is 140 Å². The van der Waals surface area contributed by atoms with E-state index in [1.165, 1.54) is 70.9 Å². The van der Waals surface area contributed by atoms with Crippen LogP contribution in [0.4, 0.5) is 0 Å². The largest absolute Gasteiger partial charge is 0.316 e. The molecular weight excluding hydrogens is 593 g/mol. The first-order chi connectivity index (χ1) is 24.3. The van der Waals surface area contributed by atoms with Gasteiger partial charge in [0, 0.05) is 39.6 Å². The summed E-state index contributed by atoms with van der Waals surface area (Å²) in [6.07, 6.45) is 2.20. The van der Waals surface area contributed by atoms with Crippen molar-refractivity contribution in [1.82, 2.24) is 9.13 Å². The third-order valence-corrected chi connectivity index (χ3v) is 10.2. The Morgan fingerprint density at radius 2 is 0.959 bits per heavy atom. The summed E-state index contributed by atoms with van der Waals surface area (Å²) < 4.78 is 4.77. The normalized spacial score (nSPS) is 11.9. The fourth-order valence-corrected chi connectivity index (χ4v) is 7.95. The highest BCUT2D eigenvalue weighted by molar-refractivity contribution is 6.18. The van der Waals surface area contributed by atoms with Crippen molar-refractivity contribution in [1.29, 1.82) is 0 Å². The maximum absolute atomic E-state index is 2.48. The average Bonchev–Trinajstić information content (AvgIpc) is 3.75. The molecule has 0 amide bonds. The van der Waals surface area contributed by atoms with E-state index in [1.54, 1.807) is 0 Å². The molecule has 10 rings (SSSR count). The Hall–Kier alpha value is -6.38. The predicted octanol–water partition coefficient (Wildman–Crippen LogP) is 12.2. The molecule has 0 fully saturated rings. The summed E-state index contributed by atoms with van der Waals surface area (Å²) in [5, 5.41) is 8.80. The molecule has 0 bridgehead atoms. The molecule has 2 heteroatoms. The number of fused-ring (bicyclic) bond motifs is 7. The van der Waals surface area contributed by atoms with Gasteiger partial charge in [-0.15, -0.1) is 0 Å². The number of rotatable bonds is 5. The van der Waals surface area contributed by atoms with Crippen LogP contribution in [-0.2, 0) is 0 Å². The topological polar surface area (TPSA) is 9.86 Å². The molecule has 8 aromatic carbocycles. The minimum atomic E-state index is 0.0569. The van der Waals surface area contributed by atoms with Gasteiger partial charge in [0.05, 0.1) is 16.6 Å². The van der Waals surface area contributed by atoms with Crippen LogP contribution < -0.4 is 0 Å². The molecule has 0 unspecified atom stereocenters. The average molecular weight is 625 g/mol. The van der Waals surface area contributed by atoms with Crippen LogP contribution in [0.1, 0.15) is 22.6 Å². The van der Waals surface area contributed by atoms with Crippen molar-refractivity contribution >= 4 is 54.3 Å². The lowest BCUT2D eigenvalue weighted by Crippen LogP contribution is -2.05. The lowest BCUT2D eigenvalue weighted by atomic mass is 9.83. The lowest BCUT2D eigenvalue weighted by Gasteiger charge is -2.21. The number of hydrogen-bond acceptors (Lipinski definition) is 0. The number of nitrogens with zero attached hydrogens (tertiary/aromatic N) is 2. The molecule has 0 atom stereocenters. The van der Waals surface area contributed by atoms with Gasteiger partial charge in [0.2, 0.25) is 0 Å². The van der Waals surface area contributed by atoms with Gasteiger partial charge < -0.3 is 9.13 Å². The smallest absolute Gasteiger partial charge is 0.0635 e. The first-order valence-corrected chi connectivity index (χ1v) is 17.0. The highest BCUT2D eigenvalue weighted by Crippen LogP contribution is 2.40. The van der Waals surface area contributed by atoms with Crippen LogP contribution in [0.3, 0.4) is 0 Å². The van der Waals surface area contributed by atoms with Crippen molar-refractivity contribution < 1.29 is 0 Å². The zero-order valence-corrected chi connectivity index (χ0v) is 26.9. The second kappa shape index (κ2) is 11.1. The molecule has 2 heterocycles. The minimum Gasteiger partial charge on any atom is -0.316 e. The zero-order valence-electron chi connectivity index (χ0n) is 26.9. The fourth-order valence-electron chi connectivity index (χ4n) is 7.95. The van der Waals surface area contributed by atoms with Gasteiger partial charge in [-0.25, -0.2) is 0 Å². The van der Waals surface area contributed by atoms with E-state index in [2.05, 4.69) is 197 Å². The maximum atomic E-state index is 2.48. The third kappa shape index (κ3) is 4.49. The van der Waals surface area contributed by atoms with E-state index in [0.29, 0.717) is 0 Å². The van der Waals surface area contributed by atoms with Crippen LogP contribution in [0.15, 0.2) is 188 Å². The Balaban J connectivity index is 1.22. The molecule has 0 N–H and O–H groups in total. The molecule has 10 aromatic rings. The van der Waals surface area contributed by atoms with Gasteiger partial charge in [0.15, 0.2) is 0 Å². The Bertz CT molecular complexity index is 2760. The Morgan fingerprint density at radius 3 is 1.69 bits per heavy atom. The van der Waals surface area contributed by atoms with Crippen LogP contribution >= 0.6 is 0 Å². The van der Waals surface area contributed by atoms with Crippen molar-refractivity contribution in [2.45, 2.75) is 5.92 Å². The van der Waals surface area contributed by atoms with Crippen LogP contribution in [0, 0.1) is 0 Å². The van der Waals surface area contributed by atoms with Crippen LogP contribution in [0.5, 0.6) is 0 Å². The second-order valence-corrected chi connectivity index (χ2v) is 13.0. The van der Waals surface area contributed by atoms with Crippen molar-refractivity contribution in [3.05, 3.63) is 205 Å². The standard InChI is InChI=1S/C47H32N2/c1-2-16-39(17-3-1)48-28-27-43-44(48)26-25-42-41-19-8-9-20-45(41)49(47(42)43)40-18-10-15-36(31-40)46(37-23-21-32-11-4-6-13-34(32)29-37)38-24-22-33-12-5-7-14-35(33)30-38/h1-31,46H. The van der Waals surface area contributed by atoms with Crippen LogP contribution in [-0.4, -0.2) is 9.13 Å². The predicted molar refractivity (Wildman–Crippen MR) is 206 cm³/mol. The summed E-state index contributed by atoms with van der Waals surface area (Å²) in [4.78, 5) is 0. The van der Waals surface area contributed by atoms with Crippen molar-refractivity contribution in [3.8, 4) is 11.4 Å². The van der Waals surface area contributed by atoms with Crippen molar-refractivity contribution in [3.63, 3.8) is 0 Å². The maximum Gasteiger partial charge on any atom is 0.0635 e. The summed E-state index contributed by atoms with van der Waals surface area (Å²) in [5.41, 5.74) is 9.81. The molecule has 49 heavy (non-hydrogen) atoms. The number of para-hydroxylation sites is 2. The van der Waals surface area contributed by atoms with E-state index in [4.69, 9.17) is 0 Å². The summed E-state index contributed by atoms with van der Waals surface area (Å²) in [6, 6.07) is 66.7. The molecule has 2 nitrogen and oxygen atoms in total. The van der Waals surface area contributed by atoms with Crippen LogP contribution in [0.2, 0.25) is 0 Å². The van der Waals surface area contributed by atoms with E-state index in [0.717, 1.165) is 11.4 Å². The molecule has 0 saturated carbocycles. The summed E-state index contributed by atoms with van der Waals surface area (Å²) in [5.74, 6) is 0.0569. The Morgan fingerprint density at radius 1 is 0.347 bits per heavy atom. The number of hydrogen-bond donors (Lipinski definition) is 0. The quantitative estimate of drug-likeness (QED) is 0.169. The SMILES string of the molecule is c1ccc(-n2ccc3c2ccc2c4ccccc4n(-c4cccc(C(c5ccc6ccccc6c5)c5ccc6ccccc6c5)c4)c23)cc1. The second-order valence-electron chi connectivity index (χ2n) is 13.0. The molecule has 0 aliphatic carbocycles. The van der Waals surface area contributed by atoms with Gasteiger partial charge in [-0.05, 0) is 80.7 Å². The molecule has 2 aromatic heterocycles. The first-order valence-electron chi connectivity index (χ1n) is 17.0. The van der Waals surface area contributed by atoms with Gasteiger partial charge in [-0.3, -0.25) is 0 Å². The Kier molecular flexibility index (Phi) is 6.28. The van der Waals surface area contributed by atoms with E-state index >= 15 is 0 Å². The highest BCUT2D eigenvalue weighted by Gasteiger charge is 2.21. The lowest BCUT2D eigenvalue weighted by molar-refractivity contribution is 0.977. The summed E-state index contributed by atoms with van der Waals surface area (Å²) in [7, 11) is 0. The van der Waals surface area contributed by atoms with Crippen molar-refractivity contribution in [2.75, 3.05) is 0 Å². The highest BCUT2D eigenvalue weighted by atomic mass is 15.0. The number of benzene rings is 8. The van der Waals surface area contributed by atoms with E-state index < -0.39 is 0 Å². The summed E-state index contributed by atoms with van der Waals surface area (Å²) in [6.45, 7) is 0. The Labute approximate surface area is 284 Å². The third-order valence-electron chi connectivity index (χ3n) is 10.2. The molecule has 0 spiro atoms. The first kappa shape index (κ1) is 27.7. The number of aromatic nitrogens is 2. The molecular formula is C47H32N2. The monoisotopic (exact) mass is 624 g/mol. The minimum absolute atomic E-state index is 0.0569. The fraction of sp³-hybridized carbons (Fsp3) is 0.0213.